The minimum Gasteiger partial charge on any atom is -0.270 e. The molecule has 18 heavy (non-hydrogen) atoms. The highest BCUT2D eigenvalue weighted by atomic mass is 16.2. The smallest absolute Gasteiger partial charge is 0.258 e. The van der Waals surface area contributed by atoms with Crippen LogP contribution in [0.2, 0.25) is 0 Å². The molecule has 3 heteroatoms. The second-order valence-corrected chi connectivity index (χ2v) is 7.81. The lowest BCUT2D eigenvalue weighted by Gasteiger charge is -2.35. The second kappa shape index (κ2) is 3.25. The molecule has 0 saturated carbocycles. The molecule has 0 aromatic carbocycles. The van der Waals surface area contributed by atoms with E-state index >= 15 is 0 Å². The zero-order valence-electron chi connectivity index (χ0n) is 12.5. The van der Waals surface area contributed by atoms with Gasteiger partial charge in [0.15, 0.2) is 0 Å². The number of hydrogen-bond donors (Lipinski definition) is 0. The molecule has 2 aliphatic rings. The number of carbonyl (C=O) groups is 2. The molecule has 0 atom stereocenters. The average Bonchev–Trinajstić information content (AvgIpc) is 2.44. The van der Waals surface area contributed by atoms with Crippen LogP contribution in [0, 0.1) is 10.8 Å². The van der Waals surface area contributed by atoms with Crippen molar-refractivity contribution in [3.8, 4) is 0 Å². The predicted octanol–water partition coefficient (Wildman–Crippen LogP) is 2.91. The van der Waals surface area contributed by atoms with Crippen LogP contribution in [-0.2, 0) is 9.59 Å². The van der Waals surface area contributed by atoms with E-state index < -0.39 is 5.54 Å². The van der Waals surface area contributed by atoms with Crippen LogP contribution < -0.4 is 0 Å². The van der Waals surface area contributed by atoms with Gasteiger partial charge in [0.05, 0.1) is 0 Å². The van der Waals surface area contributed by atoms with E-state index in [0.717, 1.165) is 17.6 Å². The Balaban J connectivity index is 2.60. The molecule has 0 fully saturated rings. The summed E-state index contributed by atoms with van der Waals surface area (Å²) >= 11 is 0. The van der Waals surface area contributed by atoms with Crippen LogP contribution in [0.5, 0.6) is 0 Å². The zero-order valence-corrected chi connectivity index (χ0v) is 12.5. The van der Waals surface area contributed by atoms with Gasteiger partial charge >= 0.3 is 0 Å². The number of hydrogen-bond acceptors (Lipinski definition) is 2. The quantitative estimate of drug-likeness (QED) is 0.619. The highest BCUT2D eigenvalue weighted by Crippen LogP contribution is 2.56. The first kappa shape index (κ1) is 13.3. The van der Waals surface area contributed by atoms with Crippen molar-refractivity contribution >= 4 is 11.8 Å². The van der Waals surface area contributed by atoms with Gasteiger partial charge in [0.2, 0.25) is 0 Å². The monoisotopic (exact) mass is 249 g/mol. The lowest BCUT2D eigenvalue weighted by Crippen LogP contribution is -2.48. The van der Waals surface area contributed by atoms with E-state index in [-0.39, 0.29) is 22.6 Å². The van der Waals surface area contributed by atoms with E-state index in [1.54, 1.807) is 0 Å². The topological polar surface area (TPSA) is 37.4 Å². The molecule has 0 aromatic heterocycles. The molecular weight excluding hydrogens is 226 g/mol. The van der Waals surface area contributed by atoms with Crippen molar-refractivity contribution in [2.24, 2.45) is 10.8 Å². The summed E-state index contributed by atoms with van der Waals surface area (Å²) in [4.78, 5) is 26.6. The Kier molecular flexibility index (Phi) is 2.41. The van der Waals surface area contributed by atoms with Crippen molar-refractivity contribution in [2.75, 3.05) is 0 Å². The first-order chi connectivity index (χ1) is 7.89. The maximum Gasteiger partial charge on any atom is 0.258 e. The normalized spacial score (nSPS) is 26.1. The predicted molar refractivity (Wildman–Crippen MR) is 70.8 cm³/mol. The molecule has 0 unspecified atom stereocenters. The molecule has 0 radical (unpaired) electrons. The Hall–Kier alpha value is -1.12. The number of amides is 2. The Morgan fingerprint density at radius 2 is 1.22 bits per heavy atom. The minimum absolute atomic E-state index is 0.0851. The van der Waals surface area contributed by atoms with Gasteiger partial charge in [-0.2, -0.15) is 0 Å². The number of nitrogens with zero attached hydrogens (tertiary/aromatic N) is 1. The SMILES string of the molecule is CC1(C)CC(C)(C)C2=C1C(=O)N(C(C)(C)C)C2=O. The van der Waals surface area contributed by atoms with Gasteiger partial charge in [0, 0.05) is 16.7 Å². The number of carbonyl (C=O) groups excluding carboxylic acids is 2. The molecular formula is C15H23NO2. The van der Waals surface area contributed by atoms with E-state index in [1.807, 2.05) is 20.8 Å². The highest BCUT2D eigenvalue weighted by Gasteiger charge is 2.57. The van der Waals surface area contributed by atoms with Gasteiger partial charge in [0.25, 0.3) is 11.8 Å². The summed E-state index contributed by atoms with van der Waals surface area (Å²) in [6, 6.07) is 0. The minimum atomic E-state index is -0.454. The summed E-state index contributed by atoms with van der Waals surface area (Å²) in [5, 5.41) is 0. The number of likely N-dealkylation sites (tertiary alicyclic amines) is 1. The second-order valence-electron chi connectivity index (χ2n) is 7.81. The van der Waals surface area contributed by atoms with Gasteiger partial charge in [-0.1, -0.05) is 27.7 Å². The third-order valence-corrected chi connectivity index (χ3v) is 3.99. The third-order valence-electron chi connectivity index (χ3n) is 3.99. The molecule has 1 aliphatic carbocycles. The first-order valence-corrected chi connectivity index (χ1v) is 6.54. The van der Waals surface area contributed by atoms with Crippen molar-refractivity contribution < 1.29 is 9.59 Å². The van der Waals surface area contributed by atoms with Crippen molar-refractivity contribution in [3.63, 3.8) is 0 Å². The first-order valence-electron chi connectivity index (χ1n) is 6.54. The summed E-state index contributed by atoms with van der Waals surface area (Å²) in [5.74, 6) is -0.170. The van der Waals surface area contributed by atoms with E-state index in [2.05, 4.69) is 27.7 Å². The molecule has 0 bridgehead atoms. The van der Waals surface area contributed by atoms with Crippen LogP contribution in [0.25, 0.3) is 0 Å². The van der Waals surface area contributed by atoms with Crippen LogP contribution in [0.4, 0.5) is 0 Å². The molecule has 1 aliphatic heterocycles. The number of rotatable bonds is 0. The molecule has 2 amide bonds. The molecule has 2 rings (SSSR count). The van der Waals surface area contributed by atoms with Gasteiger partial charge < -0.3 is 0 Å². The van der Waals surface area contributed by atoms with E-state index in [0.29, 0.717) is 0 Å². The average molecular weight is 249 g/mol. The summed E-state index contributed by atoms with van der Waals surface area (Å²) in [6.45, 7) is 14.0. The van der Waals surface area contributed by atoms with Gasteiger partial charge in [-0.25, -0.2) is 0 Å². The summed E-state index contributed by atoms with van der Waals surface area (Å²) < 4.78 is 0. The standard InChI is InChI=1S/C15H23NO2/c1-13(2,3)16-11(17)9-10(12(16)18)15(6,7)8-14(9,4)5/h8H2,1-7H3. The van der Waals surface area contributed by atoms with Crippen molar-refractivity contribution in [1.82, 2.24) is 4.90 Å². The largest absolute Gasteiger partial charge is 0.270 e. The van der Waals surface area contributed by atoms with Crippen molar-refractivity contribution in [1.29, 1.82) is 0 Å². The molecule has 100 valence electrons. The summed E-state index contributed by atoms with van der Waals surface area (Å²) in [5.41, 5.74) is 0.627. The molecule has 3 nitrogen and oxygen atoms in total. The summed E-state index contributed by atoms with van der Waals surface area (Å²) in [6.07, 6.45) is 0.861. The lowest BCUT2D eigenvalue weighted by molar-refractivity contribution is -0.144. The Morgan fingerprint density at radius 1 is 0.889 bits per heavy atom. The van der Waals surface area contributed by atoms with Gasteiger partial charge in [-0.3, -0.25) is 14.5 Å². The van der Waals surface area contributed by atoms with Crippen LogP contribution in [0.3, 0.4) is 0 Å². The van der Waals surface area contributed by atoms with E-state index in [4.69, 9.17) is 0 Å². The van der Waals surface area contributed by atoms with Crippen LogP contribution in [0.15, 0.2) is 11.1 Å². The Labute approximate surface area is 109 Å². The van der Waals surface area contributed by atoms with E-state index in [9.17, 15) is 9.59 Å². The van der Waals surface area contributed by atoms with Crippen LogP contribution in [-0.4, -0.2) is 22.3 Å². The maximum absolute atomic E-state index is 12.6. The lowest BCUT2D eigenvalue weighted by atomic mass is 9.78. The fourth-order valence-electron chi connectivity index (χ4n) is 3.68. The molecule has 1 heterocycles. The van der Waals surface area contributed by atoms with Crippen molar-refractivity contribution in [3.05, 3.63) is 11.1 Å². The Bertz CT molecular complexity index is 439. The summed E-state index contributed by atoms with van der Waals surface area (Å²) in [7, 11) is 0. The fraction of sp³-hybridized carbons (Fsp3) is 0.733. The van der Waals surface area contributed by atoms with Crippen LogP contribution >= 0.6 is 0 Å². The van der Waals surface area contributed by atoms with E-state index in [1.165, 1.54) is 4.90 Å². The Morgan fingerprint density at radius 3 is 1.50 bits per heavy atom. The molecule has 0 aromatic rings. The van der Waals surface area contributed by atoms with Gasteiger partial charge in [-0.15, -0.1) is 0 Å². The highest BCUT2D eigenvalue weighted by molar-refractivity contribution is 6.21. The molecule has 0 N–H and O–H groups in total. The zero-order chi connectivity index (χ0) is 14.1. The number of imide groups is 1. The van der Waals surface area contributed by atoms with Crippen LogP contribution in [0.1, 0.15) is 54.9 Å². The molecule has 0 spiro atoms. The van der Waals surface area contributed by atoms with Crippen molar-refractivity contribution in [2.45, 2.75) is 60.4 Å². The fourth-order valence-corrected chi connectivity index (χ4v) is 3.68. The third kappa shape index (κ3) is 1.56. The molecule has 0 saturated heterocycles. The van der Waals surface area contributed by atoms with Gasteiger partial charge in [0.1, 0.15) is 0 Å². The van der Waals surface area contributed by atoms with Gasteiger partial charge in [-0.05, 0) is 38.0 Å². The maximum atomic E-state index is 12.6.